The maximum atomic E-state index is 4.56. The van der Waals surface area contributed by atoms with Gasteiger partial charge in [0.2, 0.25) is 0 Å². The Labute approximate surface area is 392 Å². The van der Waals surface area contributed by atoms with Crippen LogP contribution in [-0.4, -0.2) is 9.97 Å². The van der Waals surface area contributed by atoms with Crippen LogP contribution in [0.4, 0.5) is 0 Å². The van der Waals surface area contributed by atoms with Crippen LogP contribution in [0.1, 0.15) is 0 Å². The summed E-state index contributed by atoms with van der Waals surface area (Å²) in [6.07, 6.45) is 3.68. The third kappa shape index (κ3) is 8.16. The van der Waals surface area contributed by atoms with E-state index in [1.165, 1.54) is 76.5 Å². The summed E-state index contributed by atoms with van der Waals surface area (Å²) in [5, 5.41) is 9.89. The van der Waals surface area contributed by atoms with Gasteiger partial charge in [-0.25, -0.2) is 0 Å². The van der Waals surface area contributed by atoms with Crippen molar-refractivity contribution in [2.24, 2.45) is 0 Å². The summed E-state index contributed by atoms with van der Waals surface area (Å²) in [6.45, 7) is 0. The SMILES string of the molecule is [Ir].[c-]1ccc(-c2cccc(-c3ccc(-c4cccc5ccccc45)c4c(-c5cccc6ccccc56)cccc34)c2)cc1-c1ccccn1.[c-]1ccccc1-c1nccc2ccccc12. The summed E-state index contributed by atoms with van der Waals surface area (Å²) >= 11 is 0. The molecule has 0 aliphatic carbocycles. The molecule has 0 atom stereocenters. The van der Waals surface area contributed by atoms with Crippen LogP contribution in [0.2, 0.25) is 0 Å². The van der Waals surface area contributed by atoms with Gasteiger partial charge in [0.25, 0.3) is 0 Å². The Balaban J connectivity index is 0.000000246. The Morgan fingerprint density at radius 2 is 0.862 bits per heavy atom. The van der Waals surface area contributed by atoms with Crippen molar-refractivity contribution in [2.75, 3.05) is 0 Å². The van der Waals surface area contributed by atoms with Gasteiger partial charge in [-0.15, -0.1) is 71.3 Å². The topological polar surface area (TPSA) is 25.8 Å². The van der Waals surface area contributed by atoms with E-state index in [1.807, 2.05) is 79.1 Å². The summed E-state index contributed by atoms with van der Waals surface area (Å²) in [4.78, 5) is 9.00. The zero-order chi connectivity index (χ0) is 42.7. The molecule has 2 heterocycles. The molecule has 0 N–H and O–H groups in total. The Morgan fingerprint density at radius 3 is 1.58 bits per heavy atom. The van der Waals surface area contributed by atoms with E-state index in [9.17, 15) is 0 Å². The van der Waals surface area contributed by atoms with Crippen molar-refractivity contribution in [3.63, 3.8) is 0 Å². The number of hydrogen-bond donors (Lipinski definition) is 0. The summed E-state index contributed by atoms with van der Waals surface area (Å²) in [5.41, 5.74) is 13.6. The van der Waals surface area contributed by atoms with Crippen molar-refractivity contribution < 1.29 is 20.1 Å². The molecule has 0 unspecified atom stereocenters. The first-order chi connectivity index (χ1) is 31.8. The van der Waals surface area contributed by atoms with Gasteiger partial charge in [0, 0.05) is 32.5 Å². The molecule has 0 aliphatic heterocycles. The van der Waals surface area contributed by atoms with Gasteiger partial charge in [-0.05, 0) is 112 Å². The molecule has 2 nitrogen and oxygen atoms in total. The molecule has 309 valence electrons. The average molecular weight is 1010 g/mol. The molecule has 3 heteroatoms. The normalized spacial score (nSPS) is 11.0. The fourth-order valence-corrected chi connectivity index (χ4v) is 9.09. The molecule has 1 radical (unpaired) electrons. The van der Waals surface area contributed by atoms with Crippen LogP contribution in [-0.2, 0) is 20.1 Å². The van der Waals surface area contributed by atoms with Gasteiger partial charge >= 0.3 is 0 Å². The van der Waals surface area contributed by atoms with E-state index < -0.39 is 0 Å². The third-order valence-corrected chi connectivity index (χ3v) is 12.1. The van der Waals surface area contributed by atoms with Crippen molar-refractivity contribution in [1.29, 1.82) is 0 Å². The first-order valence-electron chi connectivity index (χ1n) is 21.6. The first-order valence-corrected chi connectivity index (χ1v) is 21.6. The maximum absolute atomic E-state index is 4.56. The standard InChI is InChI=1S/C47H30N.C15H10N.Ir/c1-3-20-38-32(12-1)14-9-22-41(38)44-25-11-24-43-40(27-28-45(47(43)44)42-23-10-15-33-13-2-4-21-39(33)42)36-18-7-16-34(30-36)35-17-8-19-37(31-35)46-26-5-6-29-48-46;1-2-7-13(8-3-1)15-14-9-5-4-6-12(14)10-11-16-15;/h1-18,20-31H;1-7,9-11H;/q2*-1;. The molecule has 10 aromatic carbocycles. The number of nitrogens with zero attached hydrogens (tertiary/aromatic N) is 2. The van der Waals surface area contributed by atoms with E-state index in [-0.39, 0.29) is 20.1 Å². The Morgan fingerprint density at radius 1 is 0.308 bits per heavy atom. The molecule has 12 rings (SSSR count). The molecule has 12 aromatic rings. The second kappa shape index (κ2) is 18.5. The van der Waals surface area contributed by atoms with Crippen molar-refractivity contribution in [3.05, 3.63) is 255 Å². The van der Waals surface area contributed by atoms with E-state index in [0.29, 0.717) is 0 Å². The Kier molecular flexibility index (Phi) is 11.7. The van der Waals surface area contributed by atoms with Crippen molar-refractivity contribution in [2.45, 2.75) is 0 Å². The average Bonchev–Trinajstić information content (AvgIpc) is 3.38. The van der Waals surface area contributed by atoms with Gasteiger partial charge in [0.15, 0.2) is 0 Å². The number of pyridine rings is 2. The fraction of sp³-hybridized carbons (Fsp3) is 0. The van der Waals surface area contributed by atoms with Crippen LogP contribution in [0.3, 0.4) is 0 Å². The quantitative estimate of drug-likeness (QED) is 0.155. The van der Waals surface area contributed by atoms with Crippen LogP contribution in [0, 0.1) is 12.1 Å². The minimum Gasteiger partial charge on any atom is -0.305 e. The number of rotatable bonds is 6. The van der Waals surface area contributed by atoms with Gasteiger partial charge in [-0.1, -0.05) is 170 Å². The number of fused-ring (bicyclic) bond motifs is 4. The predicted octanol–water partition coefficient (Wildman–Crippen LogP) is 16.4. The molecule has 0 aliphatic rings. The van der Waals surface area contributed by atoms with E-state index in [0.717, 1.165) is 33.6 Å². The van der Waals surface area contributed by atoms with Crippen LogP contribution < -0.4 is 0 Å². The molecule has 2 aromatic heterocycles. The summed E-state index contributed by atoms with van der Waals surface area (Å²) in [5.74, 6) is 0. The summed E-state index contributed by atoms with van der Waals surface area (Å²) < 4.78 is 0. The summed E-state index contributed by atoms with van der Waals surface area (Å²) in [7, 11) is 0. The number of hydrogen-bond acceptors (Lipinski definition) is 2. The monoisotopic (exact) mass is 1010 g/mol. The van der Waals surface area contributed by atoms with E-state index >= 15 is 0 Å². The van der Waals surface area contributed by atoms with Gasteiger partial charge in [-0.2, -0.15) is 0 Å². The van der Waals surface area contributed by atoms with E-state index in [2.05, 4.69) is 186 Å². The summed E-state index contributed by atoms with van der Waals surface area (Å²) in [6, 6.07) is 88.1. The molecule has 0 saturated carbocycles. The zero-order valence-electron chi connectivity index (χ0n) is 35.3. The van der Waals surface area contributed by atoms with Crippen LogP contribution in [0.5, 0.6) is 0 Å². The molecule has 0 amide bonds. The van der Waals surface area contributed by atoms with Crippen LogP contribution in [0.25, 0.3) is 110 Å². The molecule has 0 saturated heterocycles. The molecular weight excluding hydrogens is 965 g/mol. The van der Waals surface area contributed by atoms with Crippen LogP contribution >= 0.6 is 0 Å². The second-order valence-corrected chi connectivity index (χ2v) is 15.9. The van der Waals surface area contributed by atoms with E-state index in [4.69, 9.17) is 0 Å². The van der Waals surface area contributed by atoms with E-state index in [1.54, 1.807) is 0 Å². The molecule has 0 spiro atoms. The molecular formula is C62H40IrN2-2. The van der Waals surface area contributed by atoms with Crippen LogP contribution in [0.15, 0.2) is 243 Å². The molecule has 65 heavy (non-hydrogen) atoms. The molecule has 0 fully saturated rings. The maximum Gasteiger partial charge on any atom is 0.0167 e. The Hall–Kier alpha value is -7.81. The number of aromatic nitrogens is 2. The Bertz CT molecular complexity index is 3520. The van der Waals surface area contributed by atoms with Gasteiger partial charge in [0.1, 0.15) is 0 Å². The number of benzene rings is 10. The van der Waals surface area contributed by atoms with Gasteiger partial charge in [-0.3, -0.25) is 0 Å². The van der Waals surface area contributed by atoms with Crippen molar-refractivity contribution in [1.82, 2.24) is 9.97 Å². The predicted molar refractivity (Wildman–Crippen MR) is 269 cm³/mol. The minimum absolute atomic E-state index is 0. The minimum atomic E-state index is 0. The van der Waals surface area contributed by atoms with Crippen molar-refractivity contribution >= 4 is 43.1 Å². The van der Waals surface area contributed by atoms with Gasteiger partial charge < -0.3 is 9.97 Å². The second-order valence-electron chi connectivity index (χ2n) is 15.9. The smallest absolute Gasteiger partial charge is 0.0167 e. The first kappa shape index (κ1) is 41.2. The molecule has 0 bridgehead atoms. The fourth-order valence-electron chi connectivity index (χ4n) is 9.09. The third-order valence-electron chi connectivity index (χ3n) is 12.1. The van der Waals surface area contributed by atoms with Gasteiger partial charge in [0.05, 0.1) is 0 Å². The van der Waals surface area contributed by atoms with Crippen molar-refractivity contribution in [3.8, 4) is 67.0 Å². The zero-order valence-corrected chi connectivity index (χ0v) is 37.7. The largest absolute Gasteiger partial charge is 0.305 e.